The normalized spacial score (nSPS) is 11.6. The van der Waals surface area contributed by atoms with Gasteiger partial charge in [-0.25, -0.2) is 19.9 Å². The van der Waals surface area contributed by atoms with E-state index in [9.17, 15) is 0 Å². The molecule has 0 saturated carbocycles. The molecule has 0 bridgehead atoms. The van der Waals surface area contributed by atoms with Gasteiger partial charge in [0.1, 0.15) is 0 Å². The second kappa shape index (κ2) is 11.4. The number of aromatic nitrogens is 4. The molecule has 0 aliphatic heterocycles. The highest BCUT2D eigenvalue weighted by atomic mass is 15.0. The minimum absolute atomic E-state index is 0.625. The summed E-state index contributed by atoms with van der Waals surface area (Å²) in [6.07, 6.45) is 0. The van der Waals surface area contributed by atoms with Gasteiger partial charge < -0.3 is 0 Å². The molecule has 0 unspecified atom stereocenters. The van der Waals surface area contributed by atoms with Crippen molar-refractivity contribution < 1.29 is 0 Å². The number of hydrogen-bond acceptors (Lipinski definition) is 4. The van der Waals surface area contributed by atoms with Gasteiger partial charge >= 0.3 is 0 Å². The van der Waals surface area contributed by atoms with Gasteiger partial charge in [-0.3, -0.25) is 0 Å². The smallest absolute Gasteiger partial charge is 0.164 e. The molecule has 2 heterocycles. The van der Waals surface area contributed by atoms with E-state index >= 15 is 0 Å². The van der Waals surface area contributed by atoms with Crippen molar-refractivity contribution in [1.29, 1.82) is 0 Å². The minimum atomic E-state index is 0.625. The minimum Gasteiger partial charge on any atom is -0.247 e. The molecule has 0 aliphatic rings. The van der Waals surface area contributed by atoms with Crippen LogP contribution < -0.4 is 0 Å². The predicted molar refractivity (Wildman–Crippen MR) is 207 cm³/mol. The summed E-state index contributed by atoms with van der Waals surface area (Å²) in [6.45, 7) is 0. The first kappa shape index (κ1) is 28.3. The summed E-state index contributed by atoms with van der Waals surface area (Å²) < 4.78 is 0. The standard InChI is InChI=1S/C46H28N4/c1-3-12-34-27-36(23-17-29(34)9-1)45-48-44(49-46(50-45)37-24-18-30-10-2-4-13-35(30)28-37)33-21-19-32(20-22-33)43-40-26-25-31-11-5-6-14-38(31)42(40)39-15-7-8-16-41(39)47-43/h1-28H. The lowest BCUT2D eigenvalue weighted by Gasteiger charge is -2.13. The Labute approximate surface area is 288 Å². The van der Waals surface area contributed by atoms with Crippen LogP contribution in [0.5, 0.6) is 0 Å². The van der Waals surface area contributed by atoms with Crippen molar-refractivity contribution in [3.63, 3.8) is 0 Å². The summed E-state index contributed by atoms with van der Waals surface area (Å²) in [5.74, 6) is 1.91. The van der Waals surface area contributed by atoms with Gasteiger partial charge in [0.15, 0.2) is 17.5 Å². The molecule has 8 aromatic carbocycles. The Hall–Kier alpha value is -6.78. The van der Waals surface area contributed by atoms with Gasteiger partial charge in [-0.15, -0.1) is 0 Å². The molecule has 0 spiro atoms. The molecule has 10 rings (SSSR count). The van der Waals surface area contributed by atoms with Crippen LogP contribution in [0.3, 0.4) is 0 Å². The first-order valence-corrected chi connectivity index (χ1v) is 16.8. The highest BCUT2D eigenvalue weighted by Crippen LogP contribution is 2.37. The number of pyridine rings is 1. The molecule has 0 aliphatic carbocycles. The van der Waals surface area contributed by atoms with Crippen LogP contribution in [0.1, 0.15) is 0 Å². The van der Waals surface area contributed by atoms with Crippen molar-refractivity contribution in [3.8, 4) is 45.4 Å². The Balaban J connectivity index is 1.13. The molecule has 0 amide bonds. The first-order chi connectivity index (χ1) is 24.7. The van der Waals surface area contributed by atoms with E-state index in [0.29, 0.717) is 17.5 Å². The number of rotatable bonds is 4. The largest absolute Gasteiger partial charge is 0.247 e. The van der Waals surface area contributed by atoms with E-state index in [4.69, 9.17) is 19.9 Å². The number of nitrogens with zero attached hydrogens (tertiary/aromatic N) is 4. The van der Waals surface area contributed by atoms with Gasteiger partial charge in [0, 0.05) is 38.4 Å². The third kappa shape index (κ3) is 4.77. The molecule has 50 heavy (non-hydrogen) atoms. The second-order valence-electron chi connectivity index (χ2n) is 12.7. The second-order valence-corrected chi connectivity index (χ2v) is 12.7. The highest BCUT2D eigenvalue weighted by Gasteiger charge is 2.16. The van der Waals surface area contributed by atoms with E-state index in [1.54, 1.807) is 0 Å². The number of hydrogen-bond donors (Lipinski definition) is 0. The molecule has 4 heteroatoms. The van der Waals surface area contributed by atoms with Gasteiger partial charge in [-0.1, -0.05) is 152 Å². The van der Waals surface area contributed by atoms with Crippen molar-refractivity contribution in [2.45, 2.75) is 0 Å². The molecule has 4 nitrogen and oxygen atoms in total. The first-order valence-electron chi connectivity index (χ1n) is 16.8. The Kier molecular flexibility index (Phi) is 6.46. The summed E-state index contributed by atoms with van der Waals surface area (Å²) in [4.78, 5) is 20.3. The Morgan fingerprint density at radius 3 is 1.38 bits per heavy atom. The Morgan fingerprint density at radius 2 is 0.740 bits per heavy atom. The van der Waals surface area contributed by atoms with Crippen LogP contribution in [-0.4, -0.2) is 19.9 Å². The number of benzene rings is 8. The van der Waals surface area contributed by atoms with E-state index in [1.165, 1.54) is 26.9 Å². The summed E-state index contributed by atoms with van der Waals surface area (Å²) >= 11 is 0. The van der Waals surface area contributed by atoms with Crippen molar-refractivity contribution in [3.05, 3.63) is 170 Å². The molecule has 0 atom stereocenters. The third-order valence-electron chi connectivity index (χ3n) is 9.66. The molecular weight excluding hydrogens is 609 g/mol. The molecule has 0 saturated heterocycles. The number of fused-ring (bicyclic) bond motifs is 7. The lowest BCUT2D eigenvalue weighted by molar-refractivity contribution is 1.08. The highest BCUT2D eigenvalue weighted by molar-refractivity contribution is 6.22. The van der Waals surface area contributed by atoms with E-state index < -0.39 is 0 Å². The Morgan fingerprint density at radius 1 is 0.280 bits per heavy atom. The van der Waals surface area contributed by atoms with Gasteiger partial charge in [0.25, 0.3) is 0 Å². The molecule has 10 aromatic rings. The zero-order valence-electron chi connectivity index (χ0n) is 27.0. The molecule has 0 radical (unpaired) electrons. The zero-order chi connectivity index (χ0) is 33.0. The maximum Gasteiger partial charge on any atom is 0.164 e. The van der Waals surface area contributed by atoms with Crippen molar-refractivity contribution in [2.24, 2.45) is 0 Å². The lowest BCUT2D eigenvalue weighted by Crippen LogP contribution is -2.00. The van der Waals surface area contributed by atoms with Crippen LogP contribution in [-0.2, 0) is 0 Å². The fraction of sp³-hybridized carbons (Fsp3) is 0. The molecule has 0 N–H and O–H groups in total. The van der Waals surface area contributed by atoms with Crippen LogP contribution >= 0.6 is 0 Å². The third-order valence-corrected chi connectivity index (χ3v) is 9.66. The summed E-state index contributed by atoms with van der Waals surface area (Å²) in [5.41, 5.74) is 5.79. The SMILES string of the molecule is c1ccc2cc(-c3nc(-c4ccc(-c5nc6ccccc6c6c5ccc5ccccc56)cc4)nc(-c4ccc5ccccc5c4)n3)ccc2c1. The van der Waals surface area contributed by atoms with Crippen LogP contribution in [0.2, 0.25) is 0 Å². The molecular formula is C46H28N4. The van der Waals surface area contributed by atoms with Crippen LogP contribution in [0, 0.1) is 0 Å². The Bertz CT molecular complexity index is 2820. The maximum atomic E-state index is 5.20. The van der Waals surface area contributed by atoms with Crippen LogP contribution in [0.25, 0.3) is 99.4 Å². The average molecular weight is 637 g/mol. The predicted octanol–water partition coefficient (Wildman–Crippen LogP) is 11.7. The van der Waals surface area contributed by atoms with E-state index in [-0.39, 0.29) is 0 Å². The zero-order valence-corrected chi connectivity index (χ0v) is 27.0. The summed E-state index contributed by atoms with van der Waals surface area (Å²) in [6, 6.07) is 59.3. The van der Waals surface area contributed by atoms with Crippen molar-refractivity contribution >= 4 is 54.0 Å². The molecule has 0 fully saturated rings. The van der Waals surface area contributed by atoms with E-state index in [1.807, 2.05) is 0 Å². The quantitative estimate of drug-likeness (QED) is 0.180. The average Bonchev–Trinajstić information content (AvgIpc) is 3.20. The van der Waals surface area contributed by atoms with E-state index in [0.717, 1.165) is 55.0 Å². The molecule has 2 aromatic heterocycles. The summed E-state index contributed by atoms with van der Waals surface area (Å²) in [5, 5.41) is 10.6. The van der Waals surface area contributed by atoms with Gasteiger partial charge in [0.2, 0.25) is 0 Å². The maximum absolute atomic E-state index is 5.20. The topological polar surface area (TPSA) is 51.6 Å². The van der Waals surface area contributed by atoms with Crippen molar-refractivity contribution in [2.75, 3.05) is 0 Å². The van der Waals surface area contributed by atoms with Crippen LogP contribution in [0.4, 0.5) is 0 Å². The lowest BCUT2D eigenvalue weighted by atomic mass is 9.95. The van der Waals surface area contributed by atoms with Crippen molar-refractivity contribution in [1.82, 2.24) is 19.9 Å². The molecule has 232 valence electrons. The van der Waals surface area contributed by atoms with Gasteiger partial charge in [-0.05, 0) is 50.5 Å². The van der Waals surface area contributed by atoms with Gasteiger partial charge in [0.05, 0.1) is 11.2 Å². The van der Waals surface area contributed by atoms with E-state index in [2.05, 4.69) is 170 Å². The summed E-state index contributed by atoms with van der Waals surface area (Å²) in [7, 11) is 0. The fourth-order valence-electron chi connectivity index (χ4n) is 7.14. The fourth-order valence-corrected chi connectivity index (χ4v) is 7.14. The van der Waals surface area contributed by atoms with Crippen LogP contribution in [0.15, 0.2) is 170 Å². The number of para-hydroxylation sites is 1. The monoisotopic (exact) mass is 636 g/mol. The van der Waals surface area contributed by atoms with Gasteiger partial charge in [-0.2, -0.15) is 0 Å².